The van der Waals surface area contributed by atoms with Crippen molar-refractivity contribution in [1.29, 1.82) is 0 Å². The highest BCUT2D eigenvalue weighted by atomic mass is 79.9. The lowest BCUT2D eigenvalue weighted by atomic mass is 10.1. The molecule has 1 aliphatic rings. The lowest BCUT2D eigenvalue weighted by Gasteiger charge is -2.09. The van der Waals surface area contributed by atoms with Crippen LogP contribution in [0.25, 0.3) is 0 Å². The van der Waals surface area contributed by atoms with Crippen molar-refractivity contribution < 1.29 is 9.53 Å². The Labute approximate surface area is 113 Å². The summed E-state index contributed by atoms with van der Waals surface area (Å²) in [6, 6.07) is 11.1. The van der Waals surface area contributed by atoms with Crippen LogP contribution >= 0.6 is 15.9 Å². The van der Waals surface area contributed by atoms with E-state index in [-0.39, 0.29) is 5.91 Å². The number of hydrogen-bond acceptors (Lipinski definition) is 2. The second-order valence-corrected chi connectivity index (χ2v) is 5.03. The van der Waals surface area contributed by atoms with E-state index in [2.05, 4.69) is 21.2 Å². The molecule has 0 bridgehead atoms. The highest BCUT2D eigenvalue weighted by Gasteiger charge is 2.22. The molecule has 4 heteroatoms. The van der Waals surface area contributed by atoms with Gasteiger partial charge < -0.3 is 10.1 Å². The Balaban J connectivity index is 2.23. The van der Waals surface area contributed by atoms with Gasteiger partial charge in [0.1, 0.15) is 0 Å². The number of para-hydroxylation sites is 2. The Morgan fingerprint density at radius 2 is 2.00 bits per heavy atom. The van der Waals surface area contributed by atoms with Crippen molar-refractivity contribution in [2.75, 3.05) is 5.32 Å². The van der Waals surface area contributed by atoms with E-state index in [0.717, 1.165) is 10.0 Å². The maximum atomic E-state index is 12.2. The van der Waals surface area contributed by atoms with Gasteiger partial charge in [0.25, 0.3) is 5.91 Å². The Bertz CT molecular complexity index is 652. The number of fused-ring (bicyclic) bond motifs is 2. The van der Waals surface area contributed by atoms with Gasteiger partial charge >= 0.3 is 0 Å². The predicted octanol–water partition coefficient (Wildman–Crippen LogP) is 4.12. The molecule has 18 heavy (non-hydrogen) atoms. The number of hydrogen-bond donors (Lipinski definition) is 1. The van der Waals surface area contributed by atoms with Crippen LogP contribution < -0.4 is 10.1 Å². The molecule has 0 fully saturated rings. The standard InChI is InChI=1S/C14H10BrNO2/c1-8-6-9-13(10(15)7-8)18-12-5-3-2-4-11(12)16-14(9)17/h2-7H,1H3,(H,16,17). The Kier molecular flexibility index (Phi) is 2.59. The van der Waals surface area contributed by atoms with Crippen LogP contribution in [0.15, 0.2) is 40.9 Å². The Morgan fingerprint density at radius 3 is 2.83 bits per heavy atom. The molecule has 2 aromatic rings. The van der Waals surface area contributed by atoms with Gasteiger partial charge in [-0.3, -0.25) is 4.79 Å². The number of benzene rings is 2. The number of carbonyl (C=O) groups excluding carboxylic acids is 1. The minimum atomic E-state index is -0.153. The van der Waals surface area contributed by atoms with Gasteiger partial charge in [0.05, 0.1) is 15.7 Å². The molecule has 0 atom stereocenters. The molecule has 0 saturated carbocycles. The number of aryl methyl sites for hydroxylation is 1. The van der Waals surface area contributed by atoms with E-state index in [1.54, 1.807) is 0 Å². The lowest BCUT2D eigenvalue weighted by molar-refractivity contribution is 0.102. The van der Waals surface area contributed by atoms with E-state index in [0.29, 0.717) is 22.7 Å². The predicted molar refractivity (Wildman–Crippen MR) is 73.3 cm³/mol. The summed E-state index contributed by atoms with van der Waals surface area (Å²) in [5.74, 6) is 1.05. The summed E-state index contributed by atoms with van der Waals surface area (Å²) in [6.45, 7) is 1.94. The first-order valence-electron chi connectivity index (χ1n) is 5.53. The molecule has 0 radical (unpaired) electrons. The summed E-state index contributed by atoms with van der Waals surface area (Å²) in [5, 5.41) is 2.85. The molecule has 3 nitrogen and oxygen atoms in total. The lowest BCUT2D eigenvalue weighted by Crippen LogP contribution is -2.10. The van der Waals surface area contributed by atoms with Gasteiger partial charge in [-0.25, -0.2) is 0 Å². The third-order valence-electron chi connectivity index (χ3n) is 2.78. The Hall–Kier alpha value is -1.81. The molecule has 1 amide bonds. The van der Waals surface area contributed by atoms with Crippen molar-refractivity contribution in [2.24, 2.45) is 0 Å². The molecule has 3 rings (SSSR count). The first kappa shape index (κ1) is 11.3. The maximum absolute atomic E-state index is 12.2. The van der Waals surface area contributed by atoms with Gasteiger partial charge in [0, 0.05) is 0 Å². The summed E-state index contributed by atoms with van der Waals surface area (Å²) in [4.78, 5) is 12.2. The quantitative estimate of drug-likeness (QED) is 0.795. The molecule has 1 N–H and O–H groups in total. The van der Waals surface area contributed by atoms with Crippen LogP contribution in [0.1, 0.15) is 15.9 Å². The van der Waals surface area contributed by atoms with Crippen molar-refractivity contribution in [1.82, 2.24) is 0 Å². The van der Waals surface area contributed by atoms with Gasteiger partial charge in [0.2, 0.25) is 0 Å². The molecule has 0 saturated heterocycles. The van der Waals surface area contributed by atoms with Crippen molar-refractivity contribution in [3.8, 4) is 11.5 Å². The van der Waals surface area contributed by atoms with Gasteiger partial charge in [-0.15, -0.1) is 0 Å². The minimum Gasteiger partial charge on any atom is -0.453 e. The van der Waals surface area contributed by atoms with Crippen LogP contribution in [-0.4, -0.2) is 5.91 Å². The van der Waals surface area contributed by atoms with Gasteiger partial charge in [-0.2, -0.15) is 0 Å². The summed E-state index contributed by atoms with van der Waals surface area (Å²) >= 11 is 3.44. The molecule has 0 spiro atoms. The number of carbonyl (C=O) groups is 1. The third kappa shape index (κ3) is 1.78. The molecule has 0 aliphatic carbocycles. The fourth-order valence-corrected chi connectivity index (χ4v) is 2.62. The molecule has 1 aliphatic heterocycles. The first-order chi connectivity index (χ1) is 8.65. The van der Waals surface area contributed by atoms with Crippen LogP contribution in [0.4, 0.5) is 5.69 Å². The fraction of sp³-hybridized carbons (Fsp3) is 0.0714. The summed E-state index contributed by atoms with van der Waals surface area (Å²) in [7, 11) is 0. The van der Waals surface area contributed by atoms with E-state index < -0.39 is 0 Å². The summed E-state index contributed by atoms with van der Waals surface area (Å²) in [6.07, 6.45) is 0. The molecule has 0 aromatic heterocycles. The van der Waals surface area contributed by atoms with Crippen LogP contribution in [-0.2, 0) is 0 Å². The molecule has 90 valence electrons. The molecule has 2 aromatic carbocycles. The SMILES string of the molecule is Cc1cc(Br)c2c(c1)C(=O)Nc1ccccc1O2. The van der Waals surface area contributed by atoms with E-state index >= 15 is 0 Å². The molecule has 0 unspecified atom stereocenters. The minimum absolute atomic E-state index is 0.153. The zero-order chi connectivity index (χ0) is 12.7. The van der Waals surface area contributed by atoms with E-state index in [1.165, 1.54) is 0 Å². The zero-order valence-corrected chi connectivity index (χ0v) is 11.2. The molecular weight excluding hydrogens is 294 g/mol. The van der Waals surface area contributed by atoms with Crippen molar-refractivity contribution in [2.45, 2.75) is 6.92 Å². The normalized spacial score (nSPS) is 12.9. The van der Waals surface area contributed by atoms with Gasteiger partial charge in [0.15, 0.2) is 11.5 Å². The average Bonchev–Trinajstić information content (AvgIpc) is 2.47. The van der Waals surface area contributed by atoms with Crippen LogP contribution in [0.5, 0.6) is 11.5 Å². The molecule has 1 heterocycles. The number of anilines is 1. The zero-order valence-electron chi connectivity index (χ0n) is 9.66. The second-order valence-electron chi connectivity index (χ2n) is 4.18. The van der Waals surface area contributed by atoms with Crippen molar-refractivity contribution in [3.05, 3.63) is 52.0 Å². The highest BCUT2D eigenvalue weighted by Crippen LogP contribution is 2.40. The van der Waals surface area contributed by atoms with Gasteiger partial charge in [-0.05, 0) is 52.7 Å². The highest BCUT2D eigenvalue weighted by molar-refractivity contribution is 9.10. The van der Waals surface area contributed by atoms with E-state index in [4.69, 9.17) is 4.74 Å². The molecular formula is C14H10BrNO2. The number of ether oxygens (including phenoxy) is 1. The number of nitrogens with one attached hydrogen (secondary N) is 1. The van der Waals surface area contributed by atoms with E-state index in [1.807, 2.05) is 43.3 Å². The topological polar surface area (TPSA) is 38.3 Å². The first-order valence-corrected chi connectivity index (χ1v) is 6.33. The maximum Gasteiger partial charge on any atom is 0.259 e. The largest absolute Gasteiger partial charge is 0.453 e. The number of amides is 1. The fourth-order valence-electron chi connectivity index (χ4n) is 1.96. The summed E-state index contributed by atoms with van der Waals surface area (Å²) in [5.41, 5.74) is 2.23. The Morgan fingerprint density at radius 1 is 1.22 bits per heavy atom. The summed E-state index contributed by atoms with van der Waals surface area (Å²) < 4.78 is 6.61. The number of halogens is 1. The number of rotatable bonds is 0. The van der Waals surface area contributed by atoms with Gasteiger partial charge in [-0.1, -0.05) is 12.1 Å². The smallest absolute Gasteiger partial charge is 0.259 e. The second kappa shape index (κ2) is 4.14. The van der Waals surface area contributed by atoms with Crippen LogP contribution in [0.2, 0.25) is 0 Å². The van der Waals surface area contributed by atoms with Crippen LogP contribution in [0.3, 0.4) is 0 Å². The van der Waals surface area contributed by atoms with Crippen molar-refractivity contribution in [3.63, 3.8) is 0 Å². The average molecular weight is 304 g/mol. The van der Waals surface area contributed by atoms with Crippen molar-refractivity contribution >= 4 is 27.5 Å². The van der Waals surface area contributed by atoms with Crippen LogP contribution in [0, 0.1) is 6.92 Å². The monoisotopic (exact) mass is 303 g/mol. The third-order valence-corrected chi connectivity index (χ3v) is 3.37. The van der Waals surface area contributed by atoms with E-state index in [9.17, 15) is 4.79 Å².